The Morgan fingerprint density at radius 1 is 1.60 bits per heavy atom. The maximum absolute atomic E-state index is 12.3. The molecule has 3 N–H and O–H groups in total. The van der Waals surface area contributed by atoms with Gasteiger partial charge in [0.25, 0.3) is 0 Å². The number of rotatable bonds is 7. The predicted molar refractivity (Wildman–Crippen MR) is 88.5 cm³/mol. The summed E-state index contributed by atoms with van der Waals surface area (Å²) in [6.07, 6.45) is 1.76. The number of hydrogen-bond acceptors (Lipinski definition) is 8. The summed E-state index contributed by atoms with van der Waals surface area (Å²) < 4.78 is 10.4. The van der Waals surface area contributed by atoms with Crippen LogP contribution in [-0.2, 0) is 9.53 Å². The molecule has 132 valence electrons. The summed E-state index contributed by atoms with van der Waals surface area (Å²) in [5.41, 5.74) is 0.185. The van der Waals surface area contributed by atoms with Gasteiger partial charge in [-0.1, -0.05) is 0 Å². The van der Waals surface area contributed by atoms with Gasteiger partial charge in [0, 0.05) is 0 Å². The van der Waals surface area contributed by atoms with Gasteiger partial charge in [0.2, 0.25) is 0 Å². The SMILES string of the molecule is CCOC(=O)C(Nc1[nH]nc(SC)c1C#N)c1cc(C(=O)O)c(C)o1. The first-order valence-electron chi connectivity index (χ1n) is 7.22. The molecule has 0 aliphatic carbocycles. The number of aromatic carboxylic acids is 1. The molecule has 2 aromatic rings. The van der Waals surface area contributed by atoms with Crippen molar-refractivity contribution >= 4 is 29.5 Å². The molecule has 0 fully saturated rings. The summed E-state index contributed by atoms with van der Waals surface area (Å²) in [7, 11) is 0. The Morgan fingerprint density at radius 2 is 2.32 bits per heavy atom. The van der Waals surface area contributed by atoms with Gasteiger partial charge < -0.3 is 19.6 Å². The minimum absolute atomic E-state index is 0.0546. The number of carboxylic acid groups (broad SMARTS) is 1. The van der Waals surface area contributed by atoms with Crippen LogP contribution in [0.3, 0.4) is 0 Å². The molecule has 1 unspecified atom stereocenters. The zero-order valence-corrected chi connectivity index (χ0v) is 14.6. The number of hydrogen-bond donors (Lipinski definition) is 3. The van der Waals surface area contributed by atoms with E-state index in [-0.39, 0.29) is 35.1 Å². The van der Waals surface area contributed by atoms with Crippen LogP contribution >= 0.6 is 11.8 Å². The van der Waals surface area contributed by atoms with E-state index >= 15 is 0 Å². The molecule has 0 amide bonds. The number of esters is 1. The lowest BCUT2D eigenvalue weighted by Crippen LogP contribution is -2.23. The van der Waals surface area contributed by atoms with Gasteiger partial charge in [0.1, 0.15) is 39.6 Å². The highest BCUT2D eigenvalue weighted by molar-refractivity contribution is 7.98. The normalized spacial score (nSPS) is 11.6. The highest BCUT2D eigenvalue weighted by Gasteiger charge is 2.29. The Bertz CT molecular complexity index is 836. The second-order valence-corrected chi connectivity index (χ2v) is 5.64. The zero-order valence-electron chi connectivity index (χ0n) is 13.7. The van der Waals surface area contributed by atoms with Gasteiger partial charge >= 0.3 is 11.9 Å². The van der Waals surface area contributed by atoms with Gasteiger partial charge in [-0.05, 0) is 26.2 Å². The van der Waals surface area contributed by atoms with Crippen molar-refractivity contribution in [3.63, 3.8) is 0 Å². The lowest BCUT2D eigenvalue weighted by Gasteiger charge is -2.15. The van der Waals surface area contributed by atoms with Gasteiger partial charge in [-0.3, -0.25) is 5.10 Å². The van der Waals surface area contributed by atoms with Crippen molar-refractivity contribution in [2.24, 2.45) is 0 Å². The number of aryl methyl sites for hydroxylation is 1. The number of anilines is 1. The molecule has 10 heteroatoms. The standard InChI is InChI=1S/C15H16N4O5S/c1-4-23-15(22)11(10-5-8(14(20)21)7(2)24-10)17-12-9(6-16)13(25-3)19-18-12/h5,11H,4H2,1-3H3,(H,20,21)(H2,17,18,19). The van der Waals surface area contributed by atoms with Crippen LogP contribution in [0.1, 0.15) is 40.4 Å². The minimum atomic E-state index is -1.17. The van der Waals surface area contributed by atoms with Crippen LogP contribution in [0.25, 0.3) is 0 Å². The number of aromatic amines is 1. The van der Waals surface area contributed by atoms with Crippen LogP contribution in [0.15, 0.2) is 15.5 Å². The lowest BCUT2D eigenvalue weighted by atomic mass is 10.1. The summed E-state index contributed by atoms with van der Waals surface area (Å²) in [5, 5.41) is 28.4. The summed E-state index contributed by atoms with van der Waals surface area (Å²) in [6.45, 7) is 3.26. The van der Waals surface area contributed by atoms with Crippen LogP contribution in [0.2, 0.25) is 0 Å². The van der Waals surface area contributed by atoms with Crippen molar-refractivity contribution in [2.45, 2.75) is 24.9 Å². The molecule has 0 aliphatic heterocycles. The first-order valence-corrected chi connectivity index (χ1v) is 8.44. The molecule has 0 radical (unpaired) electrons. The molecule has 0 aliphatic rings. The van der Waals surface area contributed by atoms with E-state index in [1.54, 1.807) is 13.2 Å². The van der Waals surface area contributed by atoms with Gasteiger partial charge in [-0.2, -0.15) is 10.4 Å². The number of furan rings is 1. The number of ether oxygens (including phenoxy) is 1. The molecule has 0 aromatic carbocycles. The van der Waals surface area contributed by atoms with Crippen molar-refractivity contribution in [3.05, 3.63) is 28.7 Å². The quantitative estimate of drug-likeness (QED) is 0.498. The highest BCUT2D eigenvalue weighted by atomic mass is 32.2. The Morgan fingerprint density at radius 3 is 2.84 bits per heavy atom. The number of carbonyl (C=O) groups excluding carboxylic acids is 1. The first kappa shape index (κ1) is 18.4. The van der Waals surface area contributed by atoms with Crippen molar-refractivity contribution in [1.82, 2.24) is 10.2 Å². The number of nitrogens with one attached hydrogen (secondary N) is 2. The number of thioether (sulfide) groups is 1. The Balaban J connectivity index is 2.42. The monoisotopic (exact) mass is 364 g/mol. The van der Waals surface area contributed by atoms with Gasteiger partial charge in [0.15, 0.2) is 6.04 Å². The Kier molecular flexibility index (Phi) is 5.71. The number of nitriles is 1. The van der Waals surface area contributed by atoms with E-state index in [9.17, 15) is 14.9 Å². The third-order valence-corrected chi connectivity index (χ3v) is 3.98. The van der Waals surface area contributed by atoms with Crippen LogP contribution in [0.5, 0.6) is 0 Å². The molecule has 1 atom stereocenters. The number of carbonyl (C=O) groups is 2. The van der Waals surface area contributed by atoms with E-state index in [1.807, 2.05) is 6.07 Å². The van der Waals surface area contributed by atoms with Gasteiger partial charge in [-0.25, -0.2) is 9.59 Å². The second-order valence-electron chi connectivity index (χ2n) is 4.85. The molecule has 0 saturated heterocycles. The fourth-order valence-corrected chi connectivity index (χ4v) is 2.65. The average Bonchev–Trinajstić information content (AvgIpc) is 3.15. The largest absolute Gasteiger partial charge is 0.478 e. The summed E-state index contributed by atoms with van der Waals surface area (Å²) >= 11 is 1.27. The highest BCUT2D eigenvalue weighted by Crippen LogP contribution is 2.29. The number of nitrogens with zero attached hydrogens (tertiary/aromatic N) is 2. The van der Waals surface area contributed by atoms with E-state index in [1.165, 1.54) is 24.8 Å². The molecule has 0 spiro atoms. The molecular weight excluding hydrogens is 348 g/mol. The van der Waals surface area contributed by atoms with E-state index in [0.29, 0.717) is 5.03 Å². The third kappa shape index (κ3) is 3.77. The van der Waals surface area contributed by atoms with E-state index < -0.39 is 18.0 Å². The van der Waals surface area contributed by atoms with E-state index in [2.05, 4.69) is 15.5 Å². The number of H-pyrrole nitrogens is 1. The lowest BCUT2D eigenvalue weighted by molar-refractivity contribution is -0.144. The molecule has 2 rings (SSSR count). The second kappa shape index (κ2) is 7.76. The van der Waals surface area contributed by atoms with Crippen LogP contribution in [0.4, 0.5) is 5.82 Å². The van der Waals surface area contributed by atoms with Crippen molar-refractivity contribution in [2.75, 3.05) is 18.2 Å². The maximum atomic E-state index is 12.3. The van der Waals surface area contributed by atoms with Crippen molar-refractivity contribution in [1.29, 1.82) is 5.26 Å². The third-order valence-electron chi connectivity index (χ3n) is 3.30. The molecule has 9 nitrogen and oxygen atoms in total. The van der Waals surface area contributed by atoms with E-state index in [4.69, 9.17) is 14.3 Å². The summed E-state index contributed by atoms with van der Waals surface area (Å²) in [5.74, 6) is -1.39. The molecule has 2 aromatic heterocycles. The molecular formula is C15H16N4O5S. The van der Waals surface area contributed by atoms with Crippen molar-refractivity contribution < 1.29 is 23.8 Å². The molecule has 0 bridgehead atoms. The summed E-state index contributed by atoms with van der Waals surface area (Å²) in [6, 6.07) is 2.13. The molecule has 0 saturated carbocycles. The number of carboxylic acids is 1. The smallest absolute Gasteiger partial charge is 0.339 e. The minimum Gasteiger partial charge on any atom is -0.478 e. The number of aromatic nitrogens is 2. The fourth-order valence-electron chi connectivity index (χ4n) is 2.16. The Labute approximate surface area is 147 Å². The van der Waals surface area contributed by atoms with Crippen LogP contribution in [0, 0.1) is 18.3 Å². The van der Waals surface area contributed by atoms with E-state index in [0.717, 1.165) is 0 Å². The van der Waals surface area contributed by atoms with Gasteiger partial charge in [-0.15, -0.1) is 11.8 Å². The molecule has 2 heterocycles. The maximum Gasteiger partial charge on any atom is 0.339 e. The molecule has 25 heavy (non-hydrogen) atoms. The van der Waals surface area contributed by atoms with Crippen molar-refractivity contribution in [3.8, 4) is 6.07 Å². The van der Waals surface area contributed by atoms with Crippen LogP contribution in [-0.4, -0.2) is 40.1 Å². The predicted octanol–water partition coefficient (Wildman–Crippen LogP) is 2.32. The summed E-state index contributed by atoms with van der Waals surface area (Å²) in [4.78, 5) is 23.5. The fraction of sp³-hybridized carbons (Fsp3) is 0.333. The zero-order chi connectivity index (χ0) is 18.6. The van der Waals surface area contributed by atoms with Gasteiger partial charge in [0.05, 0.1) is 6.61 Å². The Hall–Kier alpha value is -2.93. The topological polar surface area (TPSA) is 141 Å². The first-order chi connectivity index (χ1) is 11.9. The van der Waals surface area contributed by atoms with Crippen LogP contribution < -0.4 is 5.32 Å². The average molecular weight is 364 g/mol.